The van der Waals surface area contributed by atoms with Crippen LogP contribution in [0.2, 0.25) is 5.28 Å². The zero-order chi connectivity index (χ0) is 13.9. The summed E-state index contributed by atoms with van der Waals surface area (Å²) in [6.45, 7) is 0. The largest absolute Gasteiger partial charge is 0.421 e. The van der Waals surface area contributed by atoms with E-state index in [0.29, 0.717) is 0 Å². The third kappa shape index (κ3) is 2.54. The molecule has 2 heterocycles. The number of para-hydroxylation sites is 1. The van der Waals surface area contributed by atoms with E-state index < -0.39 is 5.82 Å². The van der Waals surface area contributed by atoms with Crippen molar-refractivity contribution in [1.82, 2.24) is 29.7 Å². The zero-order valence-corrected chi connectivity index (χ0v) is 10.6. The highest BCUT2D eigenvalue weighted by Gasteiger charge is 2.11. The van der Waals surface area contributed by atoms with E-state index in [9.17, 15) is 4.39 Å². The fraction of sp³-hybridized carbons (Fsp3) is 0. The molecule has 0 radical (unpaired) electrons. The van der Waals surface area contributed by atoms with Gasteiger partial charge in [0.05, 0.1) is 0 Å². The predicted molar refractivity (Wildman–Crippen MR) is 66.2 cm³/mol. The molecule has 0 fully saturated rings. The van der Waals surface area contributed by atoms with Crippen molar-refractivity contribution in [2.75, 3.05) is 0 Å². The van der Waals surface area contributed by atoms with Crippen molar-refractivity contribution in [2.24, 2.45) is 0 Å². The number of hydrogen-bond acceptors (Lipinski definition) is 6. The average molecular weight is 293 g/mol. The molecule has 20 heavy (non-hydrogen) atoms. The molecule has 3 aromatic rings. The minimum absolute atomic E-state index is 0.0145. The van der Waals surface area contributed by atoms with E-state index in [4.69, 9.17) is 16.3 Å². The number of rotatable bonds is 3. The second-order valence-corrected chi connectivity index (χ2v) is 3.90. The topological polar surface area (TPSA) is 78.6 Å². The van der Waals surface area contributed by atoms with Gasteiger partial charge in [0.2, 0.25) is 5.28 Å². The summed E-state index contributed by atoms with van der Waals surface area (Å²) in [5.74, 6) is -0.431. The number of benzene rings is 1. The van der Waals surface area contributed by atoms with Crippen molar-refractivity contribution >= 4 is 11.6 Å². The molecule has 0 N–H and O–H groups in total. The van der Waals surface area contributed by atoms with Crippen LogP contribution in [0.4, 0.5) is 4.39 Å². The van der Waals surface area contributed by atoms with Gasteiger partial charge in [-0.1, -0.05) is 12.1 Å². The van der Waals surface area contributed by atoms with E-state index in [0.717, 1.165) is 0 Å². The molecule has 0 saturated heterocycles. The summed E-state index contributed by atoms with van der Waals surface area (Å²) in [6.07, 6.45) is 2.70. The number of ether oxygens (including phenoxy) is 1. The molecule has 3 rings (SSSR count). The van der Waals surface area contributed by atoms with Crippen molar-refractivity contribution in [2.45, 2.75) is 0 Å². The van der Waals surface area contributed by atoms with Gasteiger partial charge in [0, 0.05) is 0 Å². The standard InChI is InChI=1S/C11H6ClFN6O/c12-9-16-10(19-6-14-5-15-19)18-11(17-9)20-8-4-2-1-3-7(8)13/h1-6H. The van der Waals surface area contributed by atoms with Crippen LogP contribution in [0.15, 0.2) is 36.9 Å². The molecule has 0 spiro atoms. The molecular formula is C11H6ClFN6O. The highest BCUT2D eigenvalue weighted by molar-refractivity contribution is 6.28. The lowest BCUT2D eigenvalue weighted by atomic mass is 10.3. The molecule has 0 atom stereocenters. The van der Waals surface area contributed by atoms with Crippen LogP contribution in [-0.4, -0.2) is 29.7 Å². The van der Waals surface area contributed by atoms with Gasteiger partial charge in [-0.2, -0.15) is 24.7 Å². The van der Waals surface area contributed by atoms with Crippen LogP contribution < -0.4 is 4.74 Å². The average Bonchev–Trinajstić information content (AvgIpc) is 2.95. The lowest BCUT2D eigenvalue weighted by molar-refractivity contribution is 0.408. The number of aromatic nitrogens is 6. The first kappa shape index (κ1) is 12.4. The van der Waals surface area contributed by atoms with Gasteiger partial charge in [-0.25, -0.2) is 9.37 Å². The third-order valence-corrected chi connectivity index (χ3v) is 2.41. The molecule has 0 bridgehead atoms. The lowest BCUT2D eigenvalue weighted by Gasteiger charge is -2.06. The molecule has 100 valence electrons. The van der Waals surface area contributed by atoms with Gasteiger partial charge in [0.1, 0.15) is 12.7 Å². The van der Waals surface area contributed by atoms with Crippen LogP contribution in [0.25, 0.3) is 5.95 Å². The van der Waals surface area contributed by atoms with Gasteiger partial charge in [0.25, 0.3) is 5.95 Å². The lowest BCUT2D eigenvalue weighted by Crippen LogP contribution is -2.05. The summed E-state index contributed by atoms with van der Waals surface area (Å²) in [4.78, 5) is 15.4. The predicted octanol–water partition coefficient (Wildman–Crippen LogP) is 2.04. The third-order valence-electron chi connectivity index (χ3n) is 2.24. The summed E-state index contributed by atoms with van der Waals surface area (Å²) in [5.41, 5.74) is 0. The summed E-state index contributed by atoms with van der Waals surface area (Å²) < 4.78 is 20.0. The molecule has 0 amide bonds. The second kappa shape index (κ2) is 5.17. The Morgan fingerprint density at radius 1 is 1.15 bits per heavy atom. The van der Waals surface area contributed by atoms with Crippen LogP contribution in [-0.2, 0) is 0 Å². The maximum atomic E-state index is 13.5. The van der Waals surface area contributed by atoms with Gasteiger partial charge < -0.3 is 4.74 Å². The number of nitrogens with zero attached hydrogens (tertiary/aromatic N) is 6. The van der Waals surface area contributed by atoms with E-state index in [1.54, 1.807) is 12.1 Å². The molecule has 0 saturated carbocycles. The number of hydrogen-bond donors (Lipinski definition) is 0. The van der Waals surface area contributed by atoms with Gasteiger partial charge >= 0.3 is 6.01 Å². The SMILES string of the molecule is Fc1ccccc1Oc1nc(Cl)nc(-n2cncn2)n1. The smallest absolute Gasteiger partial charge is 0.328 e. The van der Waals surface area contributed by atoms with Crippen LogP contribution in [0.3, 0.4) is 0 Å². The monoisotopic (exact) mass is 292 g/mol. The fourth-order valence-corrected chi connectivity index (χ4v) is 1.56. The van der Waals surface area contributed by atoms with Crippen LogP contribution in [0.5, 0.6) is 11.8 Å². The Bertz CT molecular complexity index is 736. The Labute approximate surface area is 117 Å². The Hall–Kier alpha value is -2.61. The van der Waals surface area contributed by atoms with Gasteiger partial charge in [-0.3, -0.25) is 0 Å². The van der Waals surface area contributed by atoms with Crippen molar-refractivity contribution in [1.29, 1.82) is 0 Å². The molecule has 1 aromatic carbocycles. The molecule has 0 aliphatic carbocycles. The maximum Gasteiger partial charge on any atom is 0.328 e. The quantitative estimate of drug-likeness (QED) is 0.735. The maximum absolute atomic E-state index is 13.5. The summed E-state index contributed by atoms with van der Waals surface area (Å²) in [6, 6.07) is 5.74. The first-order valence-corrected chi connectivity index (χ1v) is 5.79. The molecule has 7 nitrogen and oxygen atoms in total. The molecule has 0 aliphatic rings. The van der Waals surface area contributed by atoms with Gasteiger partial charge in [0.15, 0.2) is 11.6 Å². The first-order chi connectivity index (χ1) is 9.72. The highest BCUT2D eigenvalue weighted by atomic mass is 35.5. The van der Waals surface area contributed by atoms with Crippen molar-refractivity contribution in [3.8, 4) is 17.7 Å². The summed E-state index contributed by atoms with van der Waals surface area (Å²) in [5, 5.41) is 3.76. The minimum atomic E-state index is -0.536. The van der Waals surface area contributed by atoms with Crippen molar-refractivity contribution in [3.05, 3.63) is 48.0 Å². The van der Waals surface area contributed by atoms with Crippen molar-refractivity contribution in [3.63, 3.8) is 0 Å². The van der Waals surface area contributed by atoms with E-state index >= 15 is 0 Å². The van der Waals surface area contributed by atoms with Crippen LogP contribution >= 0.6 is 11.6 Å². The van der Waals surface area contributed by atoms with E-state index in [1.807, 2.05) is 0 Å². The molecule has 9 heteroatoms. The number of halogens is 2. The Morgan fingerprint density at radius 2 is 2.00 bits per heavy atom. The molecule has 0 unspecified atom stereocenters. The Morgan fingerprint density at radius 3 is 2.75 bits per heavy atom. The van der Waals surface area contributed by atoms with Crippen molar-refractivity contribution < 1.29 is 9.13 Å². The van der Waals surface area contributed by atoms with Crippen LogP contribution in [0.1, 0.15) is 0 Å². The Kier molecular flexibility index (Phi) is 3.21. The second-order valence-electron chi connectivity index (χ2n) is 3.56. The van der Waals surface area contributed by atoms with E-state index in [-0.39, 0.29) is 23.0 Å². The first-order valence-electron chi connectivity index (χ1n) is 5.41. The highest BCUT2D eigenvalue weighted by Crippen LogP contribution is 2.22. The molecule has 2 aromatic heterocycles. The van der Waals surface area contributed by atoms with Gasteiger partial charge in [-0.05, 0) is 23.7 Å². The molecule has 0 aliphatic heterocycles. The van der Waals surface area contributed by atoms with Gasteiger partial charge in [-0.15, -0.1) is 0 Å². The summed E-state index contributed by atoms with van der Waals surface area (Å²) in [7, 11) is 0. The Balaban J connectivity index is 1.97. The minimum Gasteiger partial charge on any atom is -0.421 e. The summed E-state index contributed by atoms with van der Waals surface area (Å²) >= 11 is 5.78. The van der Waals surface area contributed by atoms with Crippen LogP contribution in [0, 0.1) is 5.82 Å². The fourth-order valence-electron chi connectivity index (χ4n) is 1.41. The van der Waals surface area contributed by atoms with E-state index in [2.05, 4.69) is 25.0 Å². The normalized spacial score (nSPS) is 10.5. The van der Waals surface area contributed by atoms with E-state index in [1.165, 1.54) is 29.5 Å². The molecular weight excluding hydrogens is 287 g/mol. The zero-order valence-electron chi connectivity index (χ0n) is 9.81.